The molecule has 1 fully saturated rings. The number of nitrogen functional groups attached to an aromatic ring is 1. The van der Waals surface area contributed by atoms with E-state index in [2.05, 4.69) is 6.92 Å². The van der Waals surface area contributed by atoms with Gasteiger partial charge >= 0.3 is 5.97 Å². The second kappa shape index (κ2) is 5.95. The maximum Gasteiger partial charge on any atom is 0.340 e. The van der Waals surface area contributed by atoms with Crippen LogP contribution in [0.4, 0.5) is 5.69 Å². The second-order valence-electron chi connectivity index (χ2n) is 5.25. The Morgan fingerprint density at radius 3 is 2.79 bits per heavy atom. The van der Waals surface area contributed by atoms with E-state index >= 15 is 0 Å². The topological polar surface area (TPSA) is 61.5 Å². The molecule has 0 radical (unpaired) electrons. The molecule has 4 heteroatoms. The van der Waals surface area contributed by atoms with E-state index in [1.165, 1.54) is 6.42 Å². The van der Waals surface area contributed by atoms with E-state index < -0.39 is 0 Å². The number of esters is 1. The minimum atomic E-state index is -0.334. The van der Waals surface area contributed by atoms with Gasteiger partial charge in [0, 0.05) is 11.8 Å². The Balaban J connectivity index is 2.03. The van der Waals surface area contributed by atoms with Gasteiger partial charge in [-0.2, -0.15) is 0 Å². The lowest BCUT2D eigenvalue weighted by Gasteiger charge is -2.26. The van der Waals surface area contributed by atoms with Crippen LogP contribution in [0.3, 0.4) is 0 Å². The number of hydrogen-bond donors (Lipinski definition) is 1. The number of carbonyl (C=O) groups excluding carboxylic acids is 1. The summed E-state index contributed by atoms with van der Waals surface area (Å²) in [5.41, 5.74) is 6.66. The molecule has 4 nitrogen and oxygen atoms in total. The summed E-state index contributed by atoms with van der Waals surface area (Å²) in [7, 11) is 1.57. The van der Waals surface area contributed by atoms with Crippen molar-refractivity contribution >= 4 is 11.7 Å². The van der Waals surface area contributed by atoms with Gasteiger partial charge in [-0.15, -0.1) is 0 Å². The number of anilines is 1. The van der Waals surface area contributed by atoms with Crippen molar-refractivity contribution in [3.8, 4) is 5.75 Å². The minimum absolute atomic E-state index is 0.0257. The summed E-state index contributed by atoms with van der Waals surface area (Å²) < 4.78 is 10.6. The van der Waals surface area contributed by atoms with E-state index in [1.54, 1.807) is 25.3 Å². The first-order valence-corrected chi connectivity index (χ1v) is 6.74. The molecule has 2 atom stereocenters. The Hall–Kier alpha value is -1.71. The van der Waals surface area contributed by atoms with Crippen molar-refractivity contribution < 1.29 is 14.3 Å². The quantitative estimate of drug-likeness (QED) is 0.672. The third-order valence-corrected chi connectivity index (χ3v) is 3.64. The molecule has 2 unspecified atom stereocenters. The zero-order valence-corrected chi connectivity index (χ0v) is 11.5. The van der Waals surface area contributed by atoms with Crippen LogP contribution >= 0.6 is 0 Å². The van der Waals surface area contributed by atoms with Gasteiger partial charge in [-0.05, 0) is 37.3 Å². The first-order chi connectivity index (χ1) is 9.10. The maximum absolute atomic E-state index is 12.1. The summed E-state index contributed by atoms with van der Waals surface area (Å²) in [6, 6.07) is 5.01. The number of rotatable bonds is 3. The fourth-order valence-electron chi connectivity index (χ4n) is 2.55. The van der Waals surface area contributed by atoms with E-state index in [1.807, 2.05) is 0 Å². The highest BCUT2D eigenvalue weighted by Crippen LogP contribution is 2.27. The van der Waals surface area contributed by atoms with Crippen molar-refractivity contribution in [1.29, 1.82) is 0 Å². The number of benzene rings is 1. The van der Waals surface area contributed by atoms with Crippen LogP contribution < -0.4 is 10.5 Å². The summed E-state index contributed by atoms with van der Waals surface area (Å²) >= 11 is 0. The molecule has 0 amide bonds. The van der Waals surface area contributed by atoms with Crippen molar-refractivity contribution in [2.45, 2.75) is 38.7 Å². The number of methoxy groups -OCH3 is 1. The first-order valence-electron chi connectivity index (χ1n) is 6.74. The van der Waals surface area contributed by atoms with Crippen LogP contribution in [0.1, 0.15) is 43.0 Å². The summed E-state index contributed by atoms with van der Waals surface area (Å²) in [6.45, 7) is 2.20. The van der Waals surface area contributed by atoms with Crippen LogP contribution in [0, 0.1) is 5.92 Å². The molecule has 104 valence electrons. The van der Waals surface area contributed by atoms with Crippen LogP contribution in [0.5, 0.6) is 5.75 Å². The Kier molecular flexibility index (Phi) is 4.30. The molecule has 1 aromatic carbocycles. The molecular formula is C15H21NO3. The van der Waals surface area contributed by atoms with Gasteiger partial charge in [-0.3, -0.25) is 0 Å². The number of ether oxygens (including phenoxy) is 2. The monoisotopic (exact) mass is 263 g/mol. The highest BCUT2D eigenvalue weighted by atomic mass is 16.5. The zero-order valence-electron chi connectivity index (χ0n) is 11.5. The van der Waals surface area contributed by atoms with Gasteiger partial charge in [0.15, 0.2) is 0 Å². The molecule has 2 rings (SSSR count). The SMILES string of the molecule is COc1ccc(C(=O)OC2CCCC(C)C2)c(N)c1. The van der Waals surface area contributed by atoms with Gasteiger partial charge in [-0.25, -0.2) is 4.79 Å². The lowest BCUT2D eigenvalue weighted by atomic mass is 9.89. The normalized spacial score (nSPS) is 22.8. The highest BCUT2D eigenvalue weighted by Gasteiger charge is 2.23. The van der Waals surface area contributed by atoms with Crippen LogP contribution in [-0.2, 0) is 4.74 Å². The lowest BCUT2D eigenvalue weighted by molar-refractivity contribution is 0.0156. The molecule has 2 N–H and O–H groups in total. The Morgan fingerprint density at radius 2 is 2.16 bits per heavy atom. The maximum atomic E-state index is 12.1. The fourth-order valence-corrected chi connectivity index (χ4v) is 2.55. The van der Waals surface area contributed by atoms with Crippen LogP contribution in [-0.4, -0.2) is 19.2 Å². The van der Waals surface area contributed by atoms with E-state index in [4.69, 9.17) is 15.2 Å². The fraction of sp³-hybridized carbons (Fsp3) is 0.533. The standard InChI is InChI=1S/C15H21NO3/c1-10-4-3-5-12(8-10)19-15(17)13-7-6-11(18-2)9-14(13)16/h6-7,9-10,12H,3-5,8,16H2,1-2H3. The molecule has 0 saturated heterocycles. The average Bonchev–Trinajstić information content (AvgIpc) is 2.38. The molecule has 0 aliphatic heterocycles. The van der Waals surface area contributed by atoms with Crippen LogP contribution in [0.25, 0.3) is 0 Å². The molecule has 1 saturated carbocycles. The molecule has 1 aliphatic carbocycles. The zero-order chi connectivity index (χ0) is 13.8. The highest BCUT2D eigenvalue weighted by molar-refractivity contribution is 5.95. The van der Waals surface area contributed by atoms with E-state index in [0.29, 0.717) is 22.9 Å². The van der Waals surface area contributed by atoms with Gasteiger partial charge in [0.05, 0.1) is 12.7 Å². The van der Waals surface area contributed by atoms with E-state index in [9.17, 15) is 4.79 Å². The predicted molar refractivity (Wildman–Crippen MR) is 74.2 cm³/mol. The van der Waals surface area contributed by atoms with Crippen molar-refractivity contribution in [1.82, 2.24) is 0 Å². The predicted octanol–water partition coefficient (Wildman–Crippen LogP) is 3.01. The van der Waals surface area contributed by atoms with Gasteiger partial charge in [0.2, 0.25) is 0 Å². The third kappa shape index (κ3) is 3.40. The molecular weight excluding hydrogens is 242 g/mol. The smallest absolute Gasteiger partial charge is 0.340 e. The summed E-state index contributed by atoms with van der Waals surface area (Å²) in [5.74, 6) is 0.930. The molecule has 1 aromatic rings. The van der Waals surface area contributed by atoms with E-state index in [0.717, 1.165) is 19.3 Å². The summed E-state index contributed by atoms with van der Waals surface area (Å²) in [4.78, 5) is 12.1. The molecule has 0 spiro atoms. The van der Waals surface area contributed by atoms with Crippen LogP contribution in [0.2, 0.25) is 0 Å². The van der Waals surface area contributed by atoms with Crippen molar-refractivity contribution in [3.63, 3.8) is 0 Å². The number of hydrogen-bond acceptors (Lipinski definition) is 4. The molecule has 0 aromatic heterocycles. The summed E-state index contributed by atoms with van der Waals surface area (Å²) in [6.07, 6.45) is 4.27. The van der Waals surface area contributed by atoms with Gasteiger partial charge < -0.3 is 15.2 Å². The van der Waals surface area contributed by atoms with Gasteiger partial charge in [0.25, 0.3) is 0 Å². The molecule has 0 heterocycles. The summed E-state index contributed by atoms with van der Waals surface area (Å²) in [5, 5.41) is 0. The number of carbonyl (C=O) groups is 1. The van der Waals surface area contributed by atoms with Crippen molar-refractivity contribution in [2.75, 3.05) is 12.8 Å². The minimum Gasteiger partial charge on any atom is -0.497 e. The molecule has 19 heavy (non-hydrogen) atoms. The first kappa shape index (κ1) is 13.7. The van der Waals surface area contributed by atoms with Gasteiger partial charge in [-0.1, -0.05) is 13.3 Å². The van der Waals surface area contributed by atoms with Crippen LogP contribution in [0.15, 0.2) is 18.2 Å². The average molecular weight is 263 g/mol. The largest absolute Gasteiger partial charge is 0.497 e. The third-order valence-electron chi connectivity index (χ3n) is 3.64. The van der Waals surface area contributed by atoms with Crippen molar-refractivity contribution in [3.05, 3.63) is 23.8 Å². The second-order valence-corrected chi connectivity index (χ2v) is 5.25. The Labute approximate surface area is 113 Å². The Bertz CT molecular complexity index is 459. The lowest BCUT2D eigenvalue weighted by Crippen LogP contribution is -2.24. The molecule has 1 aliphatic rings. The number of nitrogens with two attached hydrogens (primary N) is 1. The van der Waals surface area contributed by atoms with Crippen molar-refractivity contribution in [2.24, 2.45) is 5.92 Å². The van der Waals surface area contributed by atoms with E-state index in [-0.39, 0.29) is 12.1 Å². The van der Waals surface area contributed by atoms with Gasteiger partial charge in [0.1, 0.15) is 11.9 Å². The molecule has 0 bridgehead atoms. The Morgan fingerprint density at radius 1 is 1.37 bits per heavy atom.